The van der Waals surface area contributed by atoms with Crippen LogP contribution in [-0.4, -0.2) is 27.4 Å². The third kappa shape index (κ3) is 1.71. The lowest BCUT2D eigenvalue weighted by Crippen LogP contribution is -2.23. The molecule has 1 atom stereocenters. The van der Waals surface area contributed by atoms with E-state index in [2.05, 4.69) is 36.2 Å². The van der Waals surface area contributed by atoms with Crippen molar-refractivity contribution in [2.24, 2.45) is 0 Å². The van der Waals surface area contributed by atoms with Crippen LogP contribution in [0.2, 0.25) is 0 Å². The van der Waals surface area contributed by atoms with Crippen LogP contribution in [0.4, 0.5) is 5.95 Å². The minimum Gasteiger partial charge on any atom is -0.369 e. The number of hydrogen-bond acceptors (Lipinski definition) is 3. The largest absolute Gasteiger partial charge is 0.369 e. The summed E-state index contributed by atoms with van der Waals surface area (Å²) in [6.07, 6.45) is 4.30. The molecule has 2 aromatic heterocycles. The number of H-pyrrole nitrogens is 2. The number of aromatic amines is 2. The summed E-state index contributed by atoms with van der Waals surface area (Å²) < 4.78 is 0.896. The molecule has 0 saturated heterocycles. The highest BCUT2D eigenvalue weighted by Crippen LogP contribution is 2.36. The summed E-state index contributed by atoms with van der Waals surface area (Å²) >= 11 is 3.48. The average molecular weight is 310 g/mol. The first-order chi connectivity index (χ1) is 8.66. The van der Waals surface area contributed by atoms with Crippen molar-refractivity contribution in [3.8, 4) is 0 Å². The number of hydrogen-bond donors (Lipinski definition) is 4. The Bertz CT molecular complexity index is 602. The van der Waals surface area contributed by atoms with Crippen molar-refractivity contribution in [1.82, 2.24) is 20.3 Å². The van der Waals surface area contributed by atoms with E-state index in [9.17, 15) is 4.79 Å². The SMILES string of the molecule is Nc1ncc([C@H]2CCNC(=O)c3[nH]cc(Br)c32)[nH]1. The number of halogens is 1. The van der Waals surface area contributed by atoms with Crippen molar-refractivity contribution in [3.63, 3.8) is 0 Å². The van der Waals surface area contributed by atoms with Crippen LogP contribution in [0, 0.1) is 0 Å². The predicted octanol–water partition coefficient (Wildman–Crippen LogP) is 1.35. The van der Waals surface area contributed by atoms with Crippen molar-refractivity contribution >= 4 is 27.8 Å². The van der Waals surface area contributed by atoms with Gasteiger partial charge in [0.1, 0.15) is 5.69 Å². The van der Waals surface area contributed by atoms with E-state index < -0.39 is 0 Å². The second-order valence-electron chi connectivity index (χ2n) is 4.25. The molecular formula is C11H12BrN5O. The third-order valence-electron chi connectivity index (χ3n) is 3.15. The van der Waals surface area contributed by atoms with Gasteiger partial charge in [-0.25, -0.2) is 4.98 Å². The zero-order valence-corrected chi connectivity index (χ0v) is 11.0. The number of rotatable bonds is 1. The van der Waals surface area contributed by atoms with Gasteiger partial charge in [-0.2, -0.15) is 0 Å². The maximum atomic E-state index is 11.9. The zero-order valence-electron chi connectivity index (χ0n) is 9.46. The quantitative estimate of drug-likeness (QED) is 0.639. The molecule has 2 aromatic rings. The molecule has 0 saturated carbocycles. The van der Waals surface area contributed by atoms with Crippen LogP contribution in [0.3, 0.4) is 0 Å². The van der Waals surface area contributed by atoms with Crippen LogP contribution < -0.4 is 11.1 Å². The number of carbonyl (C=O) groups excluding carboxylic acids is 1. The van der Waals surface area contributed by atoms with Crippen molar-refractivity contribution in [2.45, 2.75) is 12.3 Å². The molecular weight excluding hydrogens is 298 g/mol. The Balaban J connectivity index is 2.12. The third-order valence-corrected chi connectivity index (χ3v) is 3.81. The number of nitrogens with one attached hydrogen (secondary N) is 3. The molecule has 0 fully saturated rings. The maximum absolute atomic E-state index is 11.9. The van der Waals surface area contributed by atoms with E-state index in [0.29, 0.717) is 18.2 Å². The fourth-order valence-electron chi connectivity index (χ4n) is 2.34. The number of aromatic nitrogens is 3. The lowest BCUT2D eigenvalue weighted by atomic mass is 9.94. The Kier molecular flexibility index (Phi) is 2.62. The average Bonchev–Trinajstić information content (AvgIpc) is 2.87. The van der Waals surface area contributed by atoms with Crippen LogP contribution in [-0.2, 0) is 0 Å². The molecule has 18 heavy (non-hydrogen) atoms. The highest BCUT2D eigenvalue weighted by atomic mass is 79.9. The number of imidazole rings is 1. The number of amides is 1. The Hall–Kier alpha value is -1.76. The molecule has 0 unspecified atom stereocenters. The summed E-state index contributed by atoms with van der Waals surface area (Å²) in [5.74, 6) is 0.386. The van der Waals surface area contributed by atoms with Gasteiger partial charge in [0, 0.05) is 34.4 Å². The minimum absolute atomic E-state index is 0.0735. The van der Waals surface area contributed by atoms with Gasteiger partial charge in [0.25, 0.3) is 5.91 Å². The lowest BCUT2D eigenvalue weighted by Gasteiger charge is -2.12. The molecule has 7 heteroatoms. The molecule has 6 nitrogen and oxygen atoms in total. The molecule has 1 aliphatic heterocycles. The minimum atomic E-state index is -0.0781. The van der Waals surface area contributed by atoms with E-state index in [0.717, 1.165) is 22.2 Å². The number of carbonyl (C=O) groups is 1. The van der Waals surface area contributed by atoms with Gasteiger partial charge in [0.2, 0.25) is 0 Å². The Morgan fingerprint density at radius 2 is 2.33 bits per heavy atom. The Labute approximate surface area is 111 Å². The van der Waals surface area contributed by atoms with Gasteiger partial charge >= 0.3 is 0 Å². The van der Waals surface area contributed by atoms with E-state index in [1.807, 2.05) is 0 Å². The second-order valence-corrected chi connectivity index (χ2v) is 5.10. The van der Waals surface area contributed by atoms with E-state index in [4.69, 9.17) is 5.73 Å². The molecule has 3 rings (SSSR count). The van der Waals surface area contributed by atoms with Crippen molar-refractivity contribution in [3.05, 3.63) is 33.8 Å². The summed E-state index contributed by atoms with van der Waals surface area (Å²) in [5, 5.41) is 2.86. The highest BCUT2D eigenvalue weighted by molar-refractivity contribution is 9.10. The molecule has 94 valence electrons. The van der Waals surface area contributed by atoms with Crippen LogP contribution in [0.15, 0.2) is 16.9 Å². The zero-order chi connectivity index (χ0) is 12.7. The molecule has 5 N–H and O–H groups in total. The maximum Gasteiger partial charge on any atom is 0.268 e. The van der Waals surface area contributed by atoms with Crippen molar-refractivity contribution < 1.29 is 4.79 Å². The molecule has 1 amide bonds. The molecule has 0 aliphatic carbocycles. The van der Waals surface area contributed by atoms with Gasteiger partial charge in [-0.05, 0) is 22.4 Å². The van der Waals surface area contributed by atoms with Crippen LogP contribution in [0.5, 0.6) is 0 Å². The summed E-state index contributed by atoms with van der Waals surface area (Å²) in [7, 11) is 0. The van der Waals surface area contributed by atoms with Gasteiger partial charge in [0.05, 0.1) is 6.20 Å². The Morgan fingerprint density at radius 3 is 3.06 bits per heavy atom. The number of nitrogens with two attached hydrogens (primary N) is 1. The summed E-state index contributed by atoms with van der Waals surface area (Å²) in [4.78, 5) is 21.9. The van der Waals surface area contributed by atoms with Gasteiger partial charge in [-0.15, -0.1) is 0 Å². The first-order valence-corrected chi connectivity index (χ1v) is 6.41. The summed E-state index contributed by atoms with van der Waals surface area (Å²) in [6, 6.07) is 0. The molecule has 3 heterocycles. The molecule has 1 aliphatic rings. The summed E-state index contributed by atoms with van der Waals surface area (Å²) in [6.45, 7) is 0.622. The second kappa shape index (κ2) is 4.16. The van der Waals surface area contributed by atoms with E-state index in [1.165, 1.54) is 0 Å². The molecule has 0 bridgehead atoms. The van der Waals surface area contributed by atoms with Crippen molar-refractivity contribution in [2.75, 3.05) is 12.3 Å². The monoisotopic (exact) mass is 309 g/mol. The van der Waals surface area contributed by atoms with Crippen LogP contribution in [0.1, 0.15) is 34.1 Å². The summed E-state index contributed by atoms with van der Waals surface area (Å²) in [5.41, 5.74) is 8.09. The fraction of sp³-hybridized carbons (Fsp3) is 0.273. The molecule has 0 aromatic carbocycles. The van der Waals surface area contributed by atoms with Crippen LogP contribution in [0.25, 0.3) is 0 Å². The Morgan fingerprint density at radius 1 is 1.50 bits per heavy atom. The number of fused-ring (bicyclic) bond motifs is 1. The first-order valence-electron chi connectivity index (χ1n) is 5.62. The van der Waals surface area contributed by atoms with E-state index >= 15 is 0 Å². The molecule has 0 radical (unpaired) electrons. The molecule has 0 spiro atoms. The number of nitrogen functional groups attached to an aromatic ring is 1. The van der Waals surface area contributed by atoms with E-state index in [-0.39, 0.29) is 11.8 Å². The first kappa shape index (κ1) is 11.3. The van der Waals surface area contributed by atoms with Gasteiger partial charge in [-0.3, -0.25) is 4.79 Å². The van der Waals surface area contributed by atoms with Gasteiger partial charge in [0.15, 0.2) is 5.95 Å². The number of nitrogens with zero attached hydrogens (tertiary/aromatic N) is 1. The predicted molar refractivity (Wildman–Crippen MR) is 70.3 cm³/mol. The lowest BCUT2D eigenvalue weighted by molar-refractivity contribution is 0.0951. The highest BCUT2D eigenvalue weighted by Gasteiger charge is 2.29. The smallest absolute Gasteiger partial charge is 0.268 e. The topological polar surface area (TPSA) is 99.6 Å². The fourth-order valence-corrected chi connectivity index (χ4v) is 2.93. The standard InChI is InChI=1S/C11H12BrN5O/c12-6-3-15-9-8(6)5(1-2-14-10(9)18)7-4-16-11(13)17-7/h3-5,15H,1-2H2,(H,14,18)(H3,13,16,17)/t5-/m1/s1. The normalized spacial score (nSPS) is 19.2. The van der Waals surface area contributed by atoms with Crippen molar-refractivity contribution in [1.29, 1.82) is 0 Å². The van der Waals surface area contributed by atoms with E-state index in [1.54, 1.807) is 12.4 Å². The number of anilines is 1. The van der Waals surface area contributed by atoms with Gasteiger partial charge in [-0.1, -0.05) is 0 Å². The van der Waals surface area contributed by atoms with Crippen LogP contribution >= 0.6 is 15.9 Å². The van der Waals surface area contributed by atoms with Gasteiger partial charge < -0.3 is 21.0 Å².